The highest BCUT2D eigenvalue weighted by atomic mass is 15.2. The van der Waals surface area contributed by atoms with Gasteiger partial charge in [-0.2, -0.15) is 0 Å². The van der Waals surface area contributed by atoms with Gasteiger partial charge < -0.3 is 14.0 Å². The highest BCUT2D eigenvalue weighted by molar-refractivity contribution is 6.10. The van der Waals surface area contributed by atoms with E-state index < -0.39 is 0 Å². The summed E-state index contributed by atoms with van der Waals surface area (Å²) in [5.74, 6) is 0.240. The molecule has 6 heterocycles. The fourth-order valence-corrected chi connectivity index (χ4v) is 7.64. The highest BCUT2D eigenvalue weighted by Crippen LogP contribution is 2.48. The van der Waals surface area contributed by atoms with Crippen molar-refractivity contribution < 1.29 is 0 Å². The van der Waals surface area contributed by atoms with E-state index in [0.29, 0.717) is 0 Å². The molecule has 0 radical (unpaired) electrons. The third kappa shape index (κ3) is 3.42. The summed E-state index contributed by atoms with van der Waals surface area (Å²) < 4.78 is 4.76. The molecule has 1 aliphatic heterocycles. The monoisotopic (exact) mass is 578 g/mol. The predicted molar refractivity (Wildman–Crippen MR) is 182 cm³/mol. The van der Waals surface area contributed by atoms with Gasteiger partial charge in [-0.1, -0.05) is 60.7 Å². The quantitative estimate of drug-likeness (QED) is 0.210. The van der Waals surface area contributed by atoms with Crippen molar-refractivity contribution in [3.05, 3.63) is 152 Å². The summed E-state index contributed by atoms with van der Waals surface area (Å²) in [6.45, 7) is 0. The number of hydrogen-bond donors (Lipinski definition) is 0. The molecule has 8 aromatic rings. The van der Waals surface area contributed by atoms with Crippen molar-refractivity contribution in [2.75, 3.05) is 4.90 Å². The molecule has 212 valence electrons. The molecule has 0 saturated carbocycles. The van der Waals surface area contributed by atoms with Gasteiger partial charge in [0.05, 0.1) is 39.5 Å². The number of aromatic nitrogens is 5. The number of nitrogens with zero attached hydrogens (tertiary/aromatic N) is 6. The largest absolute Gasteiger partial charge is 0.333 e. The number of fused-ring (bicyclic) bond motifs is 9. The van der Waals surface area contributed by atoms with Crippen molar-refractivity contribution in [1.82, 2.24) is 24.1 Å². The van der Waals surface area contributed by atoms with Crippen molar-refractivity contribution in [2.24, 2.45) is 0 Å². The molecule has 6 nitrogen and oxygen atoms in total. The fourth-order valence-electron chi connectivity index (χ4n) is 7.64. The molecule has 0 saturated heterocycles. The molecular weight excluding hydrogens is 552 g/mol. The van der Waals surface area contributed by atoms with E-state index in [4.69, 9.17) is 0 Å². The average molecular weight is 579 g/mol. The molecule has 0 bridgehead atoms. The van der Waals surface area contributed by atoms with Gasteiger partial charge in [-0.25, -0.2) is 0 Å². The van der Waals surface area contributed by atoms with Crippen molar-refractivity contribution in [3.8, 4) is 11.4 Å². The van der Waals surface area contributed by atoms with Crippen molar-refractivity contribution in [3.63, 3.8) is 0 Å². The lowest BCUT2D eigenvalue weighted by Gasteiger charge is -2.30. The number of pyridine rings is 3. The van der Waals surface area contributed by atoms with Gasteiger partial charge >= 0.3 is 0 Å². The summed E-state index contributed by atoms with van der Waals surface area (Å²) in [5, 5.41) is 4.66. The predicted octanol–water partition coefficient (Wildman–Crippen LogP) is 8.80. The summed E-state index contributed by atoms with van der Waals surface area (Å²) in [5.41, 5.74) is 10.3. The maximum absolute atomic E-state index is 4.52. The summed E-state index contributed by atoms with van der Waals surface area (Å²) >= 11 is 0. The molecule has 0 N–H and O–H groups in total. The fraction of sp³-hybridized carbons (Fsp3) is 0.0513. The van der Waals surface area contributed by atoms with Gasteiger partial charge in [-0.15, -0.1) is 0 Å². The Morgan fingerprint density at radius 1 is 0.489 bits per heavy atom. The summed E-state index contributed by atoms with van der Waals surface area (Å²) in [6.07, 6.45) is 20.6. The number of anilines is 2. The molecule has 6 heteroatoms. The zero-order valence-electron chi connectivity index (χ0n) is 24.2. The molecule has 2 unspecified atom stereocenters. The summed E-state index contributed by atoms with van der Waals surface area (Å²) in [4.78, 5) is 16.0. The molecule has 2 aliphatic rings. The van der Waals surface area contributed by atoms with Crippen LogP contribution in [0.2, 0.25) is 0 Å². The zero-order chi connectivity index (χ0) is 29.5. The second kappa shape index (κ2) is 9.24. The number of rotatable bonds is 3. The van der Waals surface area contributed by atoms with Crippen LogP contribution >= 0.6 is 0 Å². The Morgan fingerprint density at radius 2 is 1.02 bits per heavy atom. The van der Waals surface area contributed by atoms with Crippen LogP contribution < -0.4 is 4.90 Å². The van der Waals surface area contributed by atoms with Crippen LogP contribution in [0.25, 0.3) is 55.0 Å². The van der Waals surface area contributed by atoms with Gasteiger partial charge in [-0.3, -0.25) is 15.0 Å². The van der Waals surface area contributed by atoms with Crippen LogP contribution in [0.4, 0.5) is 11.4 Å². The zero-order valence-corrected chi connectivity index (χ0v) is 24.2. The molecule has 10 rings (SSSR count). The molecule has 3 aromatic carbocycles. The van der Waals surface area contributed by atoms with E-state index in [1.807, 2.05) is 37.2 Å². The van der Waals surface area contributed by atoms with E-state index in [0.717, 1.165) is 49.9 Å². The molecule has 5 aromatic heterocycles. The first kappa shape index (κ1) is 24.4. The topological polar surface area (TPSA) is 51.8 Å². The van der Waals surface area contributed by atoms with E-state index >= 15 is 0 Å². The summed E-state index contributed by atoms with van der Waals surface area (Å²) in [6, 6.07) is 30.8. The second-order valence-corrected chi connectivity index (χ2v) is 11.8. The van der Waals surface area contributed by atoms with Gasteiger partial charge in [0, 0.05) is 81.6 Å². The standard InChI is InChI=1S/C39H26N6/c1-4-10-34-28(7-1)31-22-40-16-13-37(31)43(34)25-19-26(44-35-11-5-2-8-29(35)32-23-41-17-14-38(32)44)21-27(20-25)45-36-12-6-3-9-30(36)33-24-42-18-15-39(33)45/h1-24,28,34H. The highest BCUT2D eigenvalue weighted by Gasteiger charge is 2.38. The van der Waals surface area contributed by atoms with Crippen LogP contribution in [0.1, 0.15) is 11.5 Å². The maximum Gasteiger partial charge on any atom is 0.0630 e. The number of para-hydroxylation sites is 2. The number of allylic oxidation sites excluding steroid dienone is 2. The Bertz CT molecular complexity index is 2290. The minimum Gasteiger partial charge on any atom is -0.333 e. The van der Waals surface area contributed by atoms with Crippen molar-refractivity contribution in [1.29, 1.82) is 0 Å². The van der Waals surface area contributed by atoms with Gasteiger partial charge in [0.25, 0.3) is 0 Å². The van der Waals surface area contributed by atoms with Crippen molar-refractivity contribution >= 4 is 55.0 Å². The van der Waals surface area contributed by atoms with E-state index in [2.05, 4.69) is 138 Å². The van der Waals surface area contributed by atoms with Gasteiger partial charge in [0.1, 0.15) is 0 Å². The van der Waals surface area contributed by atoms with Crippen LogP contribution in [0, 0.1) is 0 Å². The van der Waals surface area contributed by atoms with Crippen LogP contribution in [0.15, 0.2) is 146 Å². The molecule has 0 spiro atoms. The Hall–Kier alpha value is -6.01. The minimum atomic E-state index is 0.155. The number of benzene rings is 3. The minimum absolute atomic E-state index is 0.155. The van der Waals surface area contributed by atoms with Crippen LogP contribution in [0.3, 0.4) is 0 Å². The Balaban J connectivity index is 1.32. The average Bonchev–Trinajstić information content (AvgIpc) is 3.74. The van der Waals surface area contributed by atoms with Gasteiger partial charge in [-0.05, 0) is 48.5 Å². The third-order valence-electron chi connectivity index (χ3n) is 9.48. The van der Waals surface area contributed by atoms with Crippen LogP contribution in [-0.4, -0.2) is 30.1 Å². The Kier molecular flexibility index (Phi) is 5.02. The maximum atomic E-state index is 4.52. The SMILES string of the molecule is C1=CC2c3cnccc3N(c3cc(-n4c5ccccc5c5cnccc54)cc(-n4c5ccccc5c5cnccc54)c3)C2C=C1. The van der Waals surface area contributed by atoms with Gasteiger partial charge in [0.15, 0.2) is 0 Å². The lowest BCUT2D eigenvalue weighted by Crippen LogP contribution is -2.28. The first-order valence-corrected chi connectivity index (χ1v) is 15.3. The molecule has 0 amide bonds. The Labute approximate surface area is 258 Å². The van der Waals surface area contributed by atoms with Crippen LogP contribution in [-0.2, 0) is 0 Å². The van der Waals surface area contributed by atoms with Gasteiger partial charge in [0.2, 0.25) is 0 Å². The first-order chi connectivity index (χ1) is 22.3. The van der Waals surface area contributed by atoms with E-state index in [-0.39, 0.29) is 12.0 Å². The Morgan fingerprint density at radius 3 is 1.69 bits per heavy atom. The normalized spacial score (nSPS) is 17.1. The molecule has 0 fully saturated rings. The molecule has 45 heavy (non-hydrogen) atoms. The third-order valence-corrected chi connectivity index (χ3v) is 9.48. The van der Waals surface area contributed by atoms with Crippen molar-refractivity contribution in [2.45, 2.75) is 12.0 Å². The van der Waals surface area contributed by atoms with E-state index in [1.165, 1.54) is 22.0 Å². The van der Waals surface area contributed by atoms with Crippen LogP contribution in [0.5, 0.6) is 0 Å². The second-order valence-electron chi connectivity index (χ2n) is 11.8. The first-order valence-electron chi connectivity index (χ1n) is 15.3. The molecule has 1 aliphatic carbocycles. The van der Waals surface area contributed by atoms with E-state index in [9.17, 15) is 0 Å². The smallest absolute Gasteiger partial charge is 0.0630 e. The lowest BCUT2D eigenvalue weighted by atomic mass is 9.92. The molecular formula is C39H26N6. The lowest BCUT2D eigenvalue weighted by molar-refractivity contribution is 0.743. The summed E-state index contributed by atoms with van der Waals surface area (Å²) in [7, 11) is 0. The number of hydrogen-bond acceptors (Lipinski definition) is 4. The van der Waals surface area contributed by atoms with E-state index in [1.54, 1.807) is 0 Å². The molecule has 2 atom stereocenters.